The summed E-state index contributed by atoms with van der Waals surface area (Å²) in [5.41, 5.74) is 0.984. The zero-order valence-corrected chi connectivity index (χ0v) is 12.1. The van der Waals surface area contributed by atoms with Gasteiger partial charge in [-0.05, 0) is 37.6 Å². The summed E-state index contributed by atoms with van der Waals surface area (Å²) in [6.07, 6.45) is 1.01. The van der Waals surface area contributed by atoms with Gasteiger partial charge in [-0.2, -0.15) is 0 Å². The lowest BCUT2D eigenvalue weighted by Crippen LogP contribution is -2.38. The average molecular weight is 285 g/mol. The van der Waals surface area contributed by atoms with Gasteiger partial charge in [0.1, 0.15) is 5.75 Å². The molecule has 0 bridgehead atoms. The van der Waals surface area contributed by atoms with Gasteiger partial charge in [0, 0.05) is 12.6 Å². The third-order valence-electron chi connectivity index (χ3n) is 3.39. The van der Waals surface area contributed by atoms with E-state index in [1.165, 1.54) is 0 Å². The van der Waals surface area contributed by atoms with Gasteiger partial charge in [0.05, 0.1) is 13.0 Å². The molecule has 4 nitrogen and oxygen atoms in total. The highest BCUT2D eigenvalue weighted by Crippen LogP contribution is 2.21. The number of ether oxygens (including phenoxy) is 1. The minimum absolute atomic E-state index is 0. The second kappa shape index (κ2) is 7.36. The molecule has 0 radical (unpaired) electrons. The largest absolute Gasteiger partial charge is 0.497 e. The lowest BCUT2D eigenvalue weighted by molar-refractivity contribution is -0.122. The first kappa shape index (κ1) is 15.8. The van der Waals surface area contributed by atoms with E-state index in [4.69, 9.17) is 4.74 Å². The van der Waals surface area contributed by atoms with Crippen LogP contribution in [-0.2, 0) is 4.79 Å². The smallest absolute Gasteiger partial charge is 0.227 e. The fraction of sp³-hybridized carbons (Fsp3) is 0.500. The van der Waals surface area contributed by atoms with Gasteiger partial charge in [-0.1, -0.05) is 12.1 Å². The van der Waals surface area contributed by atoms with E-state index in [1.54, 1.807) is 7.11 Å². The Labute approximate surface area is 120 Å². The molecule has 1 aromatic carbocycles. The van der Waals surface area contributed by atoms with Crippen molar-refractivity contribution in [1.29, 1.82) is 0 Å². The van der Waals surface area contributed by atoms with E-state index >= 15 is 0 Å². The molecule has 0 saturated carbocycles. The maximum Gasteiger partial charge on any atom is 0.227 e. The Morgan fingerprint density at radius 1 is 1.53 bits per heavy atom. The molecule has 1 fully saturated rings. The zero-order chi connectivity index (χ0) is 13.0. The van der Waals surface area contributed by atoms with Crippen LogP contribution >= 0.6 is 12.4 Å². The molecule has 1 aliphatic rings. The molecule has 1 aliphatic heterocycles. The van der Waals surface area contributed by atoms with Crippen molar-refractivity contribution in [2.24, 2.45) is 0 Å². The number of carbonyl (C=O) groups is 1. The van der Waals surface area contributed by atoms with Crippen LogP contribution in [-0.4, -0.2) is 32.1 Å². The number of hydrogen-bond donors (Lipinski definition) is 2. The number of benzene rings is 1. The van der Waals surface area contributed by atoms with E-state index in [0.29, 0.717) is 0 Å². The summed E-state index contributed by atoms with van der Waals surface area (Å²) in [7, 11) is 1.63. The first-order chi connectivity index (χ1) is 8.70. The number of hydrogen-bond acceptors (Lipinski definition) is 3. The van der Waals surface area contributed by atoms with Crippen LogP contribution in [0, 0.1) is 0 Å². The molecule has 5 heteroatoms. The van der Waals surface area contributed by atoms with E-state index in [-0.39, 0.29) is 30.3 Å². The predicted molar refractivity (Wildman–Crippen MR) is 78.1 cm³/mol. The maximum atomic E-state index is 12.1. The highest BCUT2D eigenvalue weighted by molar-refractivity contribution is 5.85. The Balaban J connectivity index is 0.00000180. The predicted octanol–water partition coefficient (Wildman–Crippen LogP) is 1.70. The van der Waals surface area contributed by atoms with Gasteiger partial charge in [-0.3, -0.25) is 4.79 Å². The summed E-state index contributed by atoms with van der Waals surface area (Å²) in [6, 6.07) is 7.94. The Morgan fingerprint density at radius 2 is 2.32 bits per heavy atom. The van der Waals surface area contributed by atoms with Crippen LogP contribution in [0.1, 0.15) is 24.8 Å². The molecule has 19 heavy (non-hydrogen) atoms. The highest BCUT2D eigenvalue weighted by atomic mass is 35.5. The fourth-order valence-corrected chi connectivity index (χ4v) is 2.17. The van der Waals surface area contributed by atoms with Crippen molar-refractivity contribution in [2.75, 3.05) is 20.2 Å². The van der Waals surface area contributed by atoms with Crippen molar-refractivity contribution >= 4 is 18.3 Å². The number of rotatable bonds is 4. The van der Waals surface area contributed by atoms with Gasteiger partial charge in [0.15, 0.2) is 0 Å². The van der Waals surface area contributed by atoms with Crippen LogP contribution < -0.4 is 15.4 Å². The topological polar surface area (TPSA) is 50.4 Å². The SMILES string of the molecule is COc1cccc(C(C)C(=O)NC2CCNC2)c1.Cl. The number of halogens is 1. The maximum absolute atomic E-state index is 12.1. The van der Waals surface area contributed by atoms with E-state index in [0.717, 1.165) is 30.8 Å². The van der Waals surface area contributed by atoms with Crippen molar-refractivity contribution in [3.63, 3.8) is 0 Å². The Hall–Kier alpha value is -1.26. The van der Waals surface area contributed by atoms with Crippen LogP contribution in [0.3, 0.4) is 0 Å². The normalized spacial score (nSPS) is 19.4. The summed E-state index contributed by atoms with van der Waals surface area (Å²) in [5, 5.41) is 6.31. The fourth-order valence-electron chi connectivity index (χ4n) is 2.17. The summed E-state index contributed by atoms with van der Waals surface area (Å²) in [5.74, 6) is 0.715. The number of amides is 1. The van der Waals surface area contributed by atoms with Gasteiger partial charge in [0.2, 0.25) is 5.91 Å². The van der Waals surface area contributed by atoms with E-state index in [1.807, 2.05) is 31.2 Å². The first-order valence-corrected chi connectivity index (χ1v) is 6.35. The van der Waals surface area contributed by atoms with Gasteiger partial charge in [-0.15, -0.1) is 12.4 Å². The third kappa shape index (κ3) is 4.11. The second-order valence-electron chi connectivity index (χ2n) is 4.70. The molecule has 0 aromatic heterocycles. The van der Waals surface area contributed by atoms with Gasteiger partial charge < -0.3 is 15.4 Å². The Bertz CT molecular complexity index is 420. The highest BCUT2D eigenvalue weighted by Gasteiger charge is 2.21. The van der Waals surface area contributed by atoms with Crippen LogP contribution in [0.5, 0.6) is 5.75 Å². The van der Waals surface area contributed by atoms with Crippen molar-refractivity contribution in [2.45, 2.75) is 25.3 Å². The molecule has 1 amide bonds. The number of methoxy groups -OCH3 is 1. The third-order valence-corrected chi connectivity index (χ3v) is 3.39. The second-order valence-corrected chi connectivity index (χ2v) is 4.70. The molecule has 0 spiro atoms. The lowest BCUT2D eigenvalue weighted by Gasteiger charge is -2.17. The summed E-state index contributed by atoms with van der Waals surface area (Å²) >= 11 is 0. The lowest BCUT2D eigenvalue weighted by atomic mass is 9.99. The van der Waals surface area contributed by atoms with Gasteiger partial charge >= 0.3 is 0 Å². The van der Waals surface area contributed by atoms with E-state index in [9.17, 15) is 4.79 Å². The molecule has 1 saturated heterocycles. The Kier molecular flexibility index (Phi) is 6.12. The molecule has 1 heterocycles. The van der Waals surface area contributed by atoms with Crippen molar-refractivity contribution in [1.82, 2.24) is 10.6 Å². The molecular formula is C14H21ClN2O2. The molecule has 2 N–H and O–H groups in total. The van der Waals surface area contributed by atoms with Gasteiger partial charge in [-0.25, -0.2) is 0 Å². The Morgan fingerprint density at radius 3 is 2.95 bits per heavy atom. The van der Waals surface area contributed by atoms with Crippen LogP contribution in [0.15, 0.2) is 24.3 Å². The van der Waals surface area contributed by atoms with Crippen LogP contribution in [0.25, 0.3) is 0 Å². The summed E-state index contributed by atoms with van der Waals surface area (Å²) in [4.78, 5) is 12.1. The zero-order valence-electron chi connectivity index (χ0n) is 11.3. The standard InChI is InChI=1S/C14H20N2O2.ClH/c1-10(11-4-3-5-13(8-11)18-2)14(17)16-12-6-7-15-9-12;/h3-5,8,10,12,15H,6-7,9H2,1-2H3,(H,16,17);1H. The molecule has 1 aromatic rings. The molecule has 2 atom stereocenters. The number of nitrogens with one attached hydrogen (secondary N) is 2. The molecule has 106 valence electrons. The first-order valence-electron chi connectivity index (χ1n) is 6.35. The van der Waals surface area contributed by atoms with Gasteiger partial charge in [0.25, 0.3) is 0 Å². The average Bonchev–Trinajstić information content (AvgIpc) is 2.90. The van der Waals surface area contributed by atoms with Crippen molar-refractivity contribution in [3.8, 4) is 5.75 Å². The minimum atomic E-state index is -0.152. The van der Waals surface area contributed by atoms with Crippen LogP contribution in [0.2, 0.25) is 0 Å². The number of carbonyl (C=O) groups excluding carboxylic acids is 1. The quantitative estimate of drug-likeness (QED) is 0.885. The molecule has 0 aliphatic carbocycles. The van der Waals surface area contributed by atoms with Crippen LogP contribution in [0.4, 0.5) is 0 Å². The molecule has 2 rings (SSSR count). The molecular weight excluding hydrogens is 264 g/mol. The van der Waals surface area contributed by atoms with Crippen molar-refractivity contribution in [3.05, 3.63) is 29.8 Å². The summed E-state index contributed by atoms with van der Waals surface area (Å²) in [6.45, 7) is 3.78. The van der Waals surface area contributed by atoms with Crippen molar-refractivity contribution < 1.29 is 9.53 Å². The minimum Gasteiger partial charge on any atom is -0.497 e. The van der Waals surface area contributed by atoms with E-state index < -0.39 is 0 Å². The monoisotopic (exact) mass is 284 g/mol. The summed E-state index contributed by atoms with van der Waals surface area (Å²) < 4.78 is 5.18. The van der Waals surface area contributed by atoms with E-state index in [2.05, 4.69) is 10.6 Å². The molecule has 2 unspecified atom stereocenters.